The van der Waals surface area contributed by atoms with Crippen LogP contribution in [0.1, 0.15) is 40.7 Å². The second-order valence-electron chi connectivity index (χ2n) is 8.01. The van der Waals surface area contributed by atoms with E-state index in [0.717, 1.165) is 22.3 Å². The third-order valence-corrected chi connectivity index (χ3v) is 5.59. The first-order valence-corrected chi connectivity index (χ1v) is 10.7. The molecule has 7 nitrogen and oxygen atoms in total. The first-order valence-electron chi connectivity index (χ1n) is 10.7. The average Bonchev–Trinajstić information content (AvgIpc) is 3.11. The monoisotopic (exact) mass is 444 g/mol. The standard InChI is InChI=1S/C26H24N2O5/c1-16(13-24(29)28-18-8-6-7-17(14-18)25(30)31)27-26(32)33-15-23-21-11-4-2-9-19(21)20-10-3-5-12-22(20)23/h2-12,14,16,23H,13,15H2,1H3,(H,27,32)(H,28,29)(H,30,31). The van der Waals surface area contributed by atoms with Crippen LogP contribution in [0.25, 0.3) is 11.1 Å². The largest absolute Gasteiger partial charge is 0.478 e. The summed E-state index contributed by atoms with van der Waals surface area (Å²) in [6, 6.07) is 21.7. The van der Waals surface area contributed by atoms with Crippen molar-refractivity contribution in [2.24, 2.45) is 0 Å². The van der Waals surface area contributed by atoms with Crippen molar-refractivity contribution in [2.45, 2.75) is 25.3 Å². The minimum Gasteiger partial charge on any atom is -0.478 e. The molecule has 3 N–H and O–H groups in total. The quantitative estimate of drug-likeness (QED) is 0.492. The van der Waals surface area contributed by atoms with Crippen molar-refractivity contribution < 1.29 is 24.2 Å². The van der Waals surface area contributed by atoms with E-state index < -0.39 is 18.1 Å². The lowest BCUT2D eigenvalue weighted by atomic mass is 9.98. The predicted molar refractivity (Wildman–Crippen MR) is 124 cm³/mol. The Morgan fingerprint density at radius 3 is 2.21 bits per heavy atom. The second kappa shape index (κ2) is 9.56. The van der Waals surface area contributed by atoms with E-state index in [2.05, 4.69) is 22.8 Å². The number of aromatic carboxylic acids is 1. The minimum absolute atomic E-state index is 0.0154. The smallest absolute Gasteiger partial charge is 0.407 e. The molecular weight excluding hydrogens is 420 g/mol. The molecule has 0 saturated carbocycles. The van der Waals surface area contributed by atoms with Gasteiger partial charge in [0.25, 0.3) is 0 Å². The molecule has 0 fully saturated rings. The summed E-state index contributed by atoms with van der Waals surface area (Å²) >= 11 is 0. The van der Waals surface area contributed by atoms with E-state index in [4.69, 9.17) is 9.84 Å². The highest BCUT2D eigenvalue weighted by atomic mass is 16.5. The zero-order valence-electron chi connectivity index (χ0n) is 18.1. The number of hydrogen-bond donors (Lipinski definition) is 3. The van der Waals surface area contributed by atoms with Gasteiger partial charge in [-0.15, -0.1) is 0 Å². The van der Waals surface area contributed by atoms with Crippen LogP contribution in [-0.2, 0) is 9.53 Å². The van der Waals surface area contributed by atoms with E-state index in [-0.39, 0.29) is 30.4 Å². The van der Waals surface area contributed by atoms with Crippen molar-refractivity contribution in [3.05, 3.63) is 89.5 Å². The van der Waals surface area contributed by atoms with E-state index >= 15 is 0 Å². The predicted octanol–water partition coefficient (Wildman–Crippen LogP) is 4.64. The molecule has 3 aromatic carbocycles. The molecule has 0 saturated heterocycles. The first kappa shape index (κ1) is 22.1. The number of carboxylic acids is 1. The number of rotatable bonds is 7. The Balaban J connectivity index is 1.30. The van der Waals surface area contributed by atoms with Crippen LogP contribution in [0.3, 0.4) is 0 Å². The van der Waals surface area contributed by atoms with Gasteiger partial charge in [-0.25, -0.2) is 9.59 Å². The molecule has 1 unspecified atom stereocenters. The normalized spacial score (nSPS) is 12.9. The van der Waals surface area contributed by atoms with Gasteiger partial charge in [-0.1, -0.05) is 54.6 Å². The number of carbonyl (C=O) groups is 3. The van der Waals surface area contributed by atoms with Crippen LogP contribution in [0, 0.1) is 0 Å². The lowest BCUT2D eigenvalue weighted by molar-refractivity contribution is -0.116. The van der Waals surface area contributed by atoms with Gasteiger partial charge in [-0.05, 0) is 47.4 Å². The SMILES string of the molecule is CC(CC(=O)Nc1cccc(C(=O)O)c1)NC(=O)OCC1c2ccccc2-c2ccccc21. The van der Waals surface area contributed by atoms with Gasteiger partial charge >= 0.3 is 12.1 Å². The molecule has 168 valence electrons. The molecule has 3 aromatic rings. The van der Waals surface area contributed by atoms with Crippen molar-refractivity contribution >= 4 is 23.7 Å². The third kappa shape index (κ3) is 5.03. The number of carbonyl (C=O) groups excluding carboxylic acids is 2. The van der Waals surface area contributed by atoms with E-state index in [1.165, 1.54) is 12.1 Å². The van der Waals surface area contributed by atoms with E-state index in [0.29, 0.717) is 5.69 Å². The van der Waals surface area contributed by atoms with Gasteiger partial charge < -0.3 is 20.5 Å². The van der Waals surface area contributed by atoms with E-state index in [1.54, 1.807) is 19.1 Å². The average molecular weight is 444 g/mol. The minimum atomic E-state index is -1.07. The molecule has 0 radical (unpaired) electrons. The number of anilines is 1. The Morgan fingerprint density at radius 1 is 0.939 bits per heavy atom. The van der Waals surface area contributed by atoms with Crippen LogP contribution in [0.2, 0.25) is 0 Å². The molecule has 7 heteroatoms. The number of ether oxygens (including phenoxy) is 1. The molecule has 4 rings (SSSR count). The maximum atomic E-state index is 12.4. The maximum Gasteiger partial charge on any atom is 0.407 e. The number of carboxylic acid groups (broad SMARTS) is 1. The van der Waals surface area contributed by atoms with Crippen LogP contribution in [0.5, 0.6) is 0 Å². The number of alkyl carbamates (subject to hydrolysis) is 1. The van der Waals surface area contributed by atoms with Gasteiger partial charge in [0, 0.05) is 24.1 Å². The molecule has 33 heavy (non-hydrogen) atoms. The fourth-order valence-corrected chi connectivity index (χ4v) is 4.11. The number of hydrogen-bond acceptors (Lipinski definition) is 4. The molecule has 0 aromatic heterocycles. The first-order chi connectivity index (χ1) is 15.9. The summed E-state index contributed by atoms with van der Waals surface area (Å²) in [6.45, 7) is 1.90. The van der Waals surface area contributed by atoms with Gasteiger partial charge in [0.2, 0.25) is 5.91 Å². The van der Waals surface area contributed by atoms with Crippen LogP contribution in [0.15, 0.2) is 72.8 Å². The van der Waals surface area contributed by atoms with Gasteiger partial charge in [0.1, 0.15) is 6.61 Å². The molecule has 0 bridgehead atoms. The molecular formula is C26H24N2O5. The fourth-order valence-electron chi connectivity index (χ4n) is 4.11. The zero-order valence-corrected chi connectivity index (χ0v) is 18.1. The van der Waals surface area contributed by atoms with Crippen molar-refractivity contribution in [1.29, 1.82) is 0 Å². The highest BCUT2D eigenvalue weighted by Crippen LogP contribution is 2.44. The molecule has 1 aliphatic rings. The van der Waals surface area contributed by atoms with Crippen molar-refractivity contribution in [1.82, 2.24) is 5.32 Å². The highest BCUT2D eigenvalue weighted by molar-refractivity contribution is 5.94. The summed E-state index contributed by atoms with van der Waals surface area (Å²) < 4.78 is 5.51. The summed E-state index contributed by atoms with van der Waals surface area (Å²) in [7, 11) is 0. The summed E-state index contributed by atoms with van der Waals surface area (Å²) in [6.07, 6.45) is -0.577. The molecule has 0 aliphatic heterocycles. The van der Waals surface area contributed by atoms with Gasteiger partial charge in [0.05, 0.1) is 5.56 Å². The lowest BCUT2D eigenvalue weighted by Gasteiger charge is -2.17. The van der Waals surface area contributed by atoms with Gasteiger partial charge in [0.15, 0.2) is 0 Å². The number of fused-ring (bicyclic) bond motifs is 3. The maximum absolute atomic E-state index is 12.4. The topological polar surface area (TPSA) is 105 Å². The summed E-state index contributed by atoms with van der Waals surface area (Å²) in [4.78, 5) is 35.7. The summed E-state index contributed by atoms with van der Waals surface area (Å²) in [5.74, 6) is -1.45. The molecule has 2 amide bonds. The number of nitrogens with one attached hydrogen (secondary N) is 2. The second-order valence-corrected chi connectivity index (χ2v) is 8.01. The Bertz CT molecular complexity index is 1160. The molecule has 0 heterocycles. The molecule has 0 spiro atoms. The van der Waals surface area contributed by atoms with Crippen molar-refractivity contribution in [3.63, 3.8) is 0 Å². The van der Waals surface area contributed by atoms with Gasteiger partial charge in [-0.2, -0.15) is 0 Å². The van der Waals surface area contributed by atoms with E-state index in [1.807, 2.05) is 36.4 Å². The van der Waals surface area contributed by atoms with Crippen LogP contribution >= 0.6 is 0 Å². The van der Waals surface area contributed by atoms with Crippen molar-refractivity contribution in [3.8, 4) is 11.1 Å². The number of amides is 2. The van der Waals surface area contributed by atoms with Crippen LogP contribution in [-0.4, -0.2) is 35.7 Å². The Kier molecular flexibility index (Phi) is 6.40. The summed E-state index contributed by atoms with van der Waals surface area (Å²) in [5, 5.41) is 14.4. The Hall–Kier alpha value is -4.13. The zero-order chi connectivity index (χ0) is 23.4. The van der Waals surface area contributed by atoms with Crippen LogP contribution in [0.4, 0.5) is 10.5 Å². The summed E-state index contributed by atoms with van der Waals surface area (Å²) in [5.41, 5.74) is 5.02. The lowest BCUT2D eigenvalue weighted by Crippen LogP contribution is -2.36. The highest BCUT2D eigenvalue weighted by Gasteiger charge is 2.29. The Morgan fingerprint density at radius 2 is 1.58 bits per heavy atom. The van der Waals surface area contributed by atoms with E-state index in [9.17, 15) is 14.4 Å². The Labute approximate surface area is 191 Å². The van der Waals surface area contributed by atoms with Crippen molar-refractivity contribution in [2.75, 3.05) is 11.9 Å². The molecule has 1 atom stereocenters. The van der Waals surface area contributed by atoms with Gasteiger partial charge in [-0.3, -0.25) is 4.79 Å². The fraction of sp³-hybridized carbons (Fsp3) is 0.192. The number of benzene rings is 3. The third-order valence-electron chi connectivity index (χ3n) is 5.59. The molecule has 1 aliphatic carbocycles. The van der Waals surface area contributed by atoms with Crippen LogP contribution < -0.4 is 10.6 Å².